The summed E-state index contributed by atoms with van der Waals surface area (Å²) < 4.78 is 34.1. The molecule has 5 rings (SSSR count). The van der Waals surface area contributed by atoms with E-state index >= 15 is 0 Å². The van der Waals surface area contributed by atoms with Crippen LogP contribution in [0, 0.1) is 0 Å². The Morgan fingerprint density at radius 1 is 0.889 bits per heavy atom. The largest absolute Gasteiger partial charge is 0.461 e. The minimum Gasteiger partial charge on any atom is -0.461 e. The van der Waals surface area contributed by atoms with E-state index in [1.807, 2.05) is 60.7 Å². The SMILES string of the molecule is CCOC(=O)c1[nH]c2ncc(NS(=O)(=O)c3ccc(-c4ccccc4)cc3)cc2c1-c1ccccc1. The topological polar surface area (TPSA) is 101 Å². The maximum atomic E-state index is 13.1. The molecule has 0 aliphatic rings. The van der Waals surface area contributed by atoms with Crippen molar-refractivity contribution in [2.45, 2.75) is 11.8 Å². The van der Waals surface area contributed by atoms with Gasteiger partial charge in [0.2, 0.25) is 0 Å². The van der Waals surface area contributed by atoms with Gasteiger partial charge in [-0.05, 0) is 41.8 Å². The van der Waals surface area contributed by atoms with Crippen molar-refractivity contribution in [2.24, 2.45) is 0 Å². The Morgan fingerprint density at radius 2 is 1.50 bits per heavy atom. The van der Waals surface area contributed by atoms with Crippen LogP contribution in [0.4, 0.5) is 5.69 Å². The first-order chi connectivity index (χ1) is 17.5. The molecule has 0 unspecified atom stereocenters. The molecule has 0 aliphatic heterocycles. The van der Waals surface area contributed by atoms with Gasteiger partial charge in [-0.2, -0.15) is 0 Å². The normalized spacial score (nSPS) is 11.4. The van der Waals surface area contributed by atoms with E-state index in [4.69, 9.17) is 4.74 Å². The number of nitrogens with zero attached hydrogens (tertiary/aromatic N) is 1. The van der Waals surface area contributed by atoms with Crippen LogP contribution >= 0.6 is 0 Å². The summed E-state index contributed by atoms with van der Waals surface area (Å²) in [5, 5.41) is 0.601. The average molecular weight is 498 g/mol. The van der Waals surface area contributed by atoms with Gasteiger partial charge in [0.05, 0.1) is 23.4 Å². The van der Waals surface area contributed by atoms with Gasteiger partial charge in [-0.15, -0.1) is 0 Å². The zero-order chi connectivity index (χ0) is 25.1. The molecule has 0 aliphatic carbocycles. The number of fused-ring (bicyclic) bond motifs is 1. The van der Waals surface area contributed by atoms with Crippen molar-refractivity contribution in [3.8, 4) is 22.3 Å². The van der Waals surface area contributed by atoms with E-state index in [9.17, 15) is 13.2 Å². The second kappa shape index (κ2) is 9.67. The van der Waals surface area contributed by atoms with Crippen LogP contribution < -0.4 is 4.72 Å². The van der Waals surface area contributed by atoms with Crippen molar-refractivity contribution in [3.63, 3.8) is 0 Å². The number of carbonyl (C=O) groups is 1. The summed E-state index contributed by atoms with van der Waals surface area (Å²) in [5.41, 5.74) is 4.30. The third kappa shape index (κ3) is 4.58. The number of carbonyl (C=O) groups excluding carboxylic acids is 1. The number of nitrogens with one attached hydrogen (secondary N) is 2. The lowest BCUT2D eigenvalue weighted by Gasteiger charge is -2.10. The van der Waals surface area contributed by atoms with Crippen LogP contribution in [0.3, 0.4) is 0 Å². The smallest absolute Gasteiger partial charge is 0.355 e. The summed E-state index contributed by atoms with van der Waals surface area (Å²) in [6.07, 6.45) is 1.42. The highest BCUT2D eigenvalue weighted by Crippen LogP contribution is 2.34. The first-order valence-electron chi connectivity index (χ1n) is 11.4. The minimum atomic E-state index is -3.87. The number of sulfonamides is 1. The van der Waals surface area contributed by atoms with Crippen molar-refractivity contribution >= 4 is 32.7 Å². The van der Waals surface area contributed by atoms with E-state index in [2.05, 4.69) is 14.7 Å². The molecule has 2 aromatic heterocycles. The molecule has 180 valence electrons. The van der Waals surface area contributed by atoms with Gasteiger partial charge in [0, 0.05) is 10.9 Å². The number of rotatable bonds is 7. The summed E-state index contributed by atoms with van der Waals surface area (Å²) in [5.74, 6) is -0.505. The molecule has 0 atom stereocenters. The van der Waals surface area contributed by atoms with Gasteiger partial charge >= 0.3 is 5.97 Å². The van der Waals surface area contributed by atoms with Crippen LogP contribution in [0.2, 0.25) is 0 Å². The highest BCUT2D eigenvalue weighted by atomic mass is 32.2. The lowest BCUT2D eigenvalue weighted by Crippen LogP contribution is -2.13. The van der Waals surface area contributed by atoms with Crippen molar-refractivity contribution < 1.29 is 17.9 Å². The van der Waals surface area contributed by atoms with Crippen LogP contribution in [0.5, 0.6) is 0 Å². The number of anilines is 1. The number of benzene rings is 3. The maximum absolute atomic E-state index is 13.1. The Bertz CT molecular complexity index is 1630. The fourth-order valence-electron chi connectivity index (χ4n) is 4.06. The monoisotopic (exact) mass is 497 g/mol. The predicted molar refractivity (Wildman–Crippen MR) is 140 cm³/mol. The lowest BCUT2D eigenvalue weighted by molar-refractivity contribution is 0.0521. The molecule has 8 heteroatoms. The third-order valence-electron chi connectivity index (χ3n) is 5.72. The molecular weight excluding hydrogens is 474 g/mol. The van der Waals surface area contributed by atoms with Crippen LogP contribution in [0.25, 0.3) is 33.3 Å². The van der Waals surface area contributed by atoms with E-state index < -0.39 is 16.0 Å². The van der Waals surface area contributed by atoms with Crippen LogP contribution in [-0.4, -0.2) is 31.0 Å². The Kier molecular flexibility index (Phi) is 6.26. The van der Waals surface area contributed by atoms with Gasteiger partial charge in [-0.25, -0.2) is 18.2 Å². The zero-order valence-corrected chi connectivity index (χ0v) is 20.2. The molecule has 0 spiro atoms. The second-order valence-electron chi connectivity index (χ2n) is 8.08. The molecular formula is C28H23N3O4S. The van der Waals surface area contributed by atoms with Gasteiger partial charge < -0.3 is 9.72 Å². The van der Waals surface area contributed by atoms with E-state index in [-0.39, 0.29) is 22.9 Å². The number of aromatic amines is 1. The lowest BCUT2D eigenvalue weighted by atomic mass is 10.0. The quantitative estimate of drug-likeness (QED) is 0.274. The minimum absolute atomic E-state index is 0.131. The molecule has 0 radical (unpaired) electrons. The number of hydrogen-bond acceptors (Lipinski definition) is 5. The van der Waals surface area contributed by atoms with Crippen molar-refractivity contribution in [3.05, 3.63) is 103 Å². The maximum Gasteiger partial charge on any atom is 0.355 e. The van der Waals surface area contributed by atoms with Crippen molar-refractivity contribution in [1.82, 2.24) is 9.97 Å². The van der Waals surface area contributed by atoms with Gasteiger partial charge in [0.25, 0.3) is 10.0 Å². The molecule has 36 heavy (non-hydrogen) atoms. The number of ether oxygens (including phenoxy) is 1. The summed E-state index contributed by atoms with van der Waals surface area (Å²) in [4.78, 5) is 20.2. The summed E-state index contributed by atoms with van der Waals surface area (Å²) >= 11 is 0. The second-order valence-corrected chi connectivity index (χ2v) is 9.76. The van der Waals surface area contributed by atoms with E-state index in [0.29, 0.717) is 16.6 Å². The van der Waals surface area contributed by atoms with Crippen LogP contribution in [-0.2, 0) is 14.8 Å². The molecule has 0 fully saturated rings. The first-order valence-corrected chi connectivity index (χ1v) is 12.9. The molecule has 0 saturated carbocycles. The number of H-pyrrole nitrogens is 1. The molecule has 3 aromatic carbocycles. The number of hydrogen-bond donors (Lipinski definition) is 2. The first kappa shape index (κ1) is 23.3. The summed E-state index contributed by atoms with van der Waals surface area (Å²) in [7, 11) is -3.87. The molecule has 2 heterocycles. The van der Waals surface area contributed by atoms with Gasteiger partial charge in [-0.3, -0.25) is 4.72 Å². The highest BCUT2D eigenvalue weighted by Gasteiger charge is 2.22. The van der Waals surface area contributed by atoms with E-state index in [1.54, 1.807) is 37.3 Å². The Hall–Kier alpha value is -4.43. The van der Waals surface area contributed by atoms with Gasteiger partial charge in [0.15, 0.2) is 0 Å². The Labute approximate surface area is 208 Å². The molecule has 7 nitrogen and oxygen atoms in total. The van der Waals surface area contributed by atoms with Gasteiger partial charge in [-0.1, -0.05) is 72.8 Å². The predicted octanol–water partition coefficient (Wildman–Crippen LogP) is 5.87. The highest BCUT2D eigenvalue weighted by molar-refractivity contribution is 7.92. The van der Waals surface area contributed by atoms with Crippen molar-refractivity contribution in [2.75, 3.05) is 11.3 Å². The molecule has 0 amide bonds. The van der Waals surface area contributed by atoms with Crippen molar-refractivity contribution in [1.29, 1.82) is 0 Å². The Balaban J connectivity index is 1.51. The fourth-order valence-corrected chi connectivity index (χ4v) is 5.09. The van der Waals surface area contributed by atoms with Crippen LogP contribution in [0.15, 0.2) is 102 Å². The Morgan fingerprint density at radius 3 is 2.14 bits per heavy atom. The fraction of sp³-hybridized carbons (Fsp3) is 0.0714. The molecule has 0 bridgehead atoms. The van der Waals surface area contributed by atoms with Gasteiger partial charge in [0.1, 0.15) is 11.3 Å². The number of esters is 1. The third-order valence-corrected chi connectivity index (χ3v) is 7.11. The molecule has 0 saturated heterocycles. The average Bonchev–Trinajstić information content (AvgIpc) is 3.29. The molecule has 2 N–H and O–H groups in total. The van der Waals surface area contributed by atoms with E-state index in [1.165, 1.54) is 6.20 Å². The van der Waals surface area contributed by atoms with E-state index in [0.717, 1.165) is 16.7 Å². The number of aromatic nitrogens is 2. The van der Waals surface area contributed by atoms with Crippen LogP contribution in [0.1, 0.15) is 17.4 Å². The number of pyridine rings is 1. The zero-order valence-electron chi connectivity index (χ0n) is 19.4. The summed E-state index contributed by atoms with van der Waals surface area (Å²) in [6, 6.07) is 27.4. The standard InChI is InChI=1S/C28H23N3O4S/c1-2-35-28(32)26-25(21-11-7-4-8-12-21)24-17-22(18-29-27(24)30-26)31-36(33,34)23-15-13-20(14-16-23)19-9-5-3-6-10-19/h3-18,31H,2H2,1H3,(H,29,30). The summed E-state index contributed by atoms with van der Waals surface area (Å²) in [6.45, 7) is 1.96. The molecule has 5 aromatic rings.